The fourth-order valence-electron chi connectivity index (χ4n) is 3.48. The topological polar surface area (TPSA) is 58.1 Å². The Morgan fingerprint density at radius 1 is 1.11 bits per heavy atom. The number of para-hydroxylation sites is 1. The van der Waals surface area contributed by atoms with Crippen molar-refractivity contribution >= 4 is 29.0 Å². The number of amides is 1. The highest BCUT2D eigenvalue weighted by atomic mass is 35.5. The van der Waals surface area contributed by atoms with Gasteiger partial charge in [0.25, 0.3) is 5.91 Å². The molecule has 0 atom stereocenters. The summed E-state index contributed by atoms with van der Waals surface area (Å²) in [4.78, 5) is 23.3. The number of aromatic nitrogens is 2. The van der Waals surface area contributed by atoms with E-state index in [0.717, 1.165) is 35.5 Å². The van der Waals surface area contributed by atoms with E-state index in [1.54, 1.807) is 6.07 Å². The minimum Gasteiger partial charge on any atom is -0.370 e. The van der Waals surface area contributed by atoms with Crippen LogP contribution in [0.1, 0.15) is 28.0 Å². The molecule has 0 aliphatic carbocycles. The highest BCUT2D eigenvalue weighted by Gasteiger charge is 2.24. The molecule has 4 rings (SSSR count). The first-order chi connectivity index (χ1) is 13.7. The summed E-state index contributed by atoms with van der Waals surface area (Å²) in [6.07, 6.45) is 4.21. The van der Waals surface area contributed by atoms with Crippen molar-refractivity contribution < 1.29 is 4.79 Å². The Balaban J connectivity index is 1.44. The summed E-state index contributed by atoms with van der Waals surface area (Å²) in [5.74, 6) is 0.554. The van der Waals surface area contributed by atoms with Crippen LogP contribution in [-0.4, -0.2) is 29.0 Å². The molecule has 1 aliphatic heterocycles. The SMILES string of the molecule is O=C(c1cc(NCCc2cccc(Cl)c2)ncn1)N1CCCc2ccccc21. The Kier molecular flexibility index (Phi) is 5.53. The summed E-state index contributed by atoms with van der Waals surface area (Å²) in [5, 5.41) is 4.00. The Hall–Kier alpha value is -2.92. The van der Waals surface area contributed by atoms with Gasteiger partial charge in [-0.15, -0.1) is 0 Å². The number of anilines is 2. The van der Waals surface area contributed by atoms with Gasteiger partial charge in [-0.1, -0.05) is 41.9 Å². The Bertz CT molecular complexity index is 992. The monoisotopic (exact) mass is 392 g/mol. The van der Waals surface area contributed by atoms with E-state index in [9.17, 15) is 4.79 Å². The number of nitrogens with zero attached hydrogens (tertiary/aromatic N) is 3. The number of aryl methyl sites for hydroxylation is 1. The zero-order valence-corrected chi connectivity index (χ0v) is 16.2. The van der Waals surface area contributed by atoms with Gasteiger partial charge in [0.05, 0.1) is 0 Å². The van der Waals surface area contributed by atoms with E-state index in [2.05, 4.69) is 21.4 Å². The lowest BCUT2D eigenvalue weighted by atomic mass is 10.0. The van der Waals surface area contributed by atoms with E-state index in [1.165, 1.54) is 11.9 Å². The number of nitrogens with one attached hydrogen (secondary N) is 1. The molecule has 2 heterocycles. The van der Waals surface area contributed by atoms with Gasteiger partial charge in [-0.25, -0.2) is 9.97 Å². The van der Waals surface area contributed by atoms with Gasteiger partial charge < -0.3 is 10.2 Å². The molecule has 2 aromatic carbocycles. The first-order valence-corrected chi connectivity index (χ1v) is 9.78. The average molecular weight is 393 g/mol. The van der Waals surface area contributed by atoms with Crippen LogP contribution in [0.4, 0.5) is 11.5 Å². The highest BCUT2D eigenvalue weighted by molar-refractivity contribution is 6.30. The normalized spacial score (nSPS) is 13.1. The minimum absolute atomic E-state index is 0.0903. The molecule has 5 nitrogen and oxygen atoms in total. The molecule has 1 aliphatic rings. The van der Waals surface area contributed by atoms with Crippen molar-refractivity contribution in [2.75, 3.05) is 23.3 Å². The third kappa shape index (κ3) is 4.15. The third-order valence-electron chi connectivity index (χ3n) is 4.85. The Labute approximate surface area is 169 Å². The zero-order chi connectivity index (χ0) is 19.3. The number of carbonyl (C=O) groups is 1. The number of halogens is 1. The number of hydrogen-bond donors (Lipinski definition) is 1. The van der Waals surface area contributed by atoms with Gasteiger partial charge in [0.1, 0.15) is 17.8 Å². The minimum atomic E-state index is -0.0903. The molecule has 1 aromatic heterocycles. The number of benzene rings is 2. The predicted octanol–water partition coefficient (Wildman–Crippen LogP) is 4.38. The Morgan fingerprint density at radius 2 is 2.00 bits per heavy atom. The van der Waals surface area contributed by atoms with Crippen LogP contribution in [0, 0.1) is 0 Å². The summed E-state index contributed by atoms with van der Waals surface area (Å²) in [6, 6.07) is 17.6. The summed E-state index contributed by atoms with van der Waals surface area (Å²) in [5.41, 5.74) is 3.73. The van der Waals surface area contributed by atoms with E-state index in [4.69, 9.17) is 11.6 Å². The van der Waals surface area contributed by atoms with Crippen molar-refractivity contribution in [2.24, 2.45) is 0 Å². The Morgan fingerprint density at radius 3 is 2.89 bits per heavy atom. The van der Waals surface area contributed by atoms with Gasteiger partial charge in [-0.05, 0) is 48.6 Å². The van der Waals surface area contributed by atoms with Crippen molar-refractivity contribution in [2.45, 2.75) is 19.3 Å². The largest absolute Gasteiger partial charge is 0.370 e. The first-order valence-electron chi connectivity index (χ1n) is 9.41. The van der Waals surface area contributed by atoms with Crippen LogP contribution < -0.4 is 10.2 Å². The van der Waals surface area contributed by atoms with Crippen molar-refractivity contribution in [3.63, 3.8) is 0 Å². The van der Waals surface area contributed by atoms with Crippen LogP contribution >= 0.6 is 11.6 Å². The molecule has 28 heavy (non-hydrogen) atoms. The molecule has 1 N–H and O–H groups in total. The first kappa shape index (κ1) is 18.4. The lowest BCUT2D eigenvalue weighted by Crippen LogP contribution is -2.36. The van der Waals surface area contributed by atoms with Crippen LogP contribution in [0.15, 0.2) is 60.9 Å². The van der Waals surface area contributed by atoms with E-state index in [1.807, 2.05) is 47.4 Å². The van der Waals surface area contributed by atoms with Crippen LogP contribution in [0.5, 0.6) is 0 Å². The van der Waals surface area contributed by atoms with Gasteiger partial charge >= 0.3 is 0 Å². The van der Waals surface area contributed by atoms with Gasteiger partial charge in [-0.2, -0.15) is 0 Å². The van der Waals surface area contributed by atoms with Crippen LogP contribution in [0.25, 0.3) is 0 Å². The standard InChI is InChI=1S/C22H21ClN4O/c23-18-8-3-5-16(13-18)10-11-24-21-14-19(25-15-26-21)22(28)27-12-4-7-17-6-1-2-9-20(17)27/h1-3,5-6,8-9,13-15H,4,7,10-12H2,(H,24,25,26). The molecule has 0 saturated heterocycles. The second-order valence-electron chi connectivity index (χ2n) is 6.78. The van der Waals surface area contributed by atoms with Gasteiger partial charge in [0.2, 0.25) is 0 Å². The highest BCUT2D eigenvalue weighted by Crippen LogP contribution is 2.28. The average Bonchev–Trinajstić information content (AvgIpc) is 2.73. The zero-order valence-electron chi connectivity index (χ0n) is 15.4. The molecular formula is C22H21ClN4O. The molecule has 6 heteroatoms. The van der Waals surface area contributed by atoms with Gasteiger partial charge in [0, 0.05) is 29.9 Å². The molecule has 3 aromatic rings. The van der Waals surface area contributed by atoms with E-state index >= 15 is 0 Å². The molecule has 0 spiro atoms. The van der Waals surface area contributed by atoms with E-state index in [-0.39, 0.29) is 5.91 Å². The molecule has 0 bridgehead atoms. The van der Waals surface area contributed by atoms with Crippen LogP contribution in [-0.2, 0) is 12.8 Å². The number of hydrogen-bond acceptors (Lipinski definition) is 4. The van der Waals surface area contributed by atoms with Crippen molar-refractivity contribution in [1.29, 1.82) is 0 Å². The fraction of sp³-hybridized carbons (Fsp3) is 0.227. The maximum absolute atomic E-state index is 13.0. The smallest absolute Gasteiger partial charge is 0.277 e. The molecule has 0 radical (unpaired) electrons. The summed E-state index contributed by atoms with van der Waals surface area (Å²) in [6.45, 7) is 1.40. The van der Waals surface area contributed by atoms with E-state index < -0.39 is 0 Å². The summed E-state index contributed by atoms with van der Waals surface area (Å²) < 4.78 is 0. The number of carbonyl (C=O) groups excluding carboxylic acids is 1. The van der Waals surface area contributed by atoms with Gasteiger partial charge in [-0.3, -0.25) is 4.79 Å². The summed E-state index contributed by atoms with van der Waals surface area (Å²) >= 11 is 6.02. The van der Waals surface area contributed by atoms with Crippen molar-refractivity contribution in [1.82, 2.24) is 9.97 Å². The quantitative estimate of drug-likeness (QED) is 0.700. The second kappa shape index (κ2) is 8.40. The lowest BCUT2D eigenvalue weighted by molar-refractivity contribution is 0.0980. The van der Waals surface area contributed by atoms with Crippen LogP contribution in [0.3, 0.4) is 0 Å². The molecular weight excluding hydrogens is 372 g/mol. The van der Waals surface area contributed by atoms with Crippen molar-refractivity contribution in [3.05, 3.63) is 82.8 Å². The second-order valence-corrected chi connectivity index (χ2v) is 7.22. The third-order valence-corrected chi connectivity index (χ3v) is 5.09. The van der Waals surface area contributed by atoms with Crippen LogP contribution in [0.2, 0.25) is 5.02 Å². The molecule has 0 saturated carbocycles. The van der Waals surface area contributed by atoms with Gasteiger partial charge in [0.15, 0.2) is 0 Å². The van der Waals surface area contributed by atoms with E-state index in [0.29, 0.717) is 24.6 Å². The predicted molar refractivity (Wildman–Crippen MR) is 112 cm³/mol. The lowest BCUT2D eigenvalue weighted by Gasteiger charge is -2.29. The summed E-state index contributed by atoms with van der Waals surface area (Å²) in [7, 11) is 0. The molecule has 1 amide bonds. The maximum Gasteiger partial charge on any atom is 0.277 e. The number of fused-ring (bicyclic) bond motifs is 1. The van der Waals surface area contributed by atoms with Crippen molar-refractivity contribution in [3.8, 4) is 0 Å². The fourth-order valence-corrected chi connectivity index (χ4v) is 3.69. The molecule has 0 fully saturated rings. The number of rotatable bonds is 5. The maximum atomic E-state index is 13.0. The molecule has 142 valence electrons. The molecule has 0 unspecified atom stereocenters.